The molecular weight excluding hydrogens is 114 g/mol. The van der Waals surface area contributed by atoms with Crippen molar-refractivity contribution in [3.8, 4) is 0 Å². The molecule has 0 unspecified atom stereocenters. The Morgan fingerprint density at radius 3 is 2.78 bits per heavy atom. The van der Waals surface area contributed by atoms with Crippen LogP contribution in [0.2, 0.25) is 0 Å². The van der Waals surface area contributed by atoms with Gasteiger partial charge in [0.15, 0.2) is 0 Å². The number of hydrogen-bond donors (Lipinski definition) is 1. The first-order valence-electron chi connectivity index (χ1n) is 3.48. The van der Waals surface area contributed by atoms with E-state index in [0.717, 1.165) is 12.5 Å². The van der Waals surface area contributed by atoms with Crippen LogP contribution in [-0.2, 0) is 4.74 Å². The maximum atomic E-state index is 4.95. The number of nitrogens with one attached hydrogen (secondary N) is 1. The summed E-state index contributed by atoms with van der Waals surface area (Å²) in [6, 6.07) is 0. The molecule has 1 fully saturated rings. The van der Waals surface area contributed by atoms with Gasteiger partial charge in [0, 0.05) is 13.7 Å². The minimum atomic E-state index is 0.887. The molecule has 9 heavy (non-hydrogen) atoms. The first kappa shape index (κ1) is 7.03. The van der Waals surface area contributed by atoms with Crippen molar-refractivity contribution in [1.29, 1.82) is 0 Å². The predicted molar refractivity (Wildman–Crippen MR) is 36.0 cm³/mol. The smallest absolute Gasteiger partial charge is 0.0613 e. The van der Waals surface area contributed by atoms with Crippen molar-refractivity contribution in [2.45, 2.75) is 6.42 Å². The molecule has 1 saturated heterocycles. The summed E-state index contributed by atoms with van der Waals surface area (Å²) in [5.41, 5.74) is 0. The number of quaternary nitrogens is 1. The van der Waals surface area contributed by atoms with Gasteiger partial charge in [-0.05, 0) is 6.42 Å². The highest BCUT2D eigenvalue weighted by atomic mass is 16.5. The van der Waals surface area contributed by atoms with E-state index in [1.165, 1.54) is 24.4 Å². The Bertz CT molecular complexity index is 79.0. The molecule has 0 radical (unpaired) electrons. The summed E-state index contributed by atoms with van der Waals surface area (Å²) in [6.07, 6.45) is 1.22. The van der Waals surface area contributed by atoms with E-state index in [0.29, 0.717) is 0 Å². The second-order valence-corrected chi connectivity index (χ2v) is 2.81. The molecule has 1 N–H and O–H groups in total. The largest absolute Gasteiger partial charge is 0.467 e. The van der Waals surface area contributed by atoms with Gasteiger partial charge in [0.2, 0.25) is 0 Å². The second kappa shape index (κ2) is 3.18. The Hall–Kier alpha value is -0.0800. The lowest BCUT2D eigenvalue weighted by Crippen LogP contribution is -3.15. The van der Waals surface area contributed by atoms with Gasteiger partial charge in [-0.2, -0.15) is 7.05 Å². The maximum Gasteiger partial charge on any atom is 0.0613 e. The van der Waals surface area contributed by atoms with Crippen molar-refractivity contribution in [1.82, 2.24) is 0 Å². The van der Waals surface area contributed by atoms with E-state index in [1.54, 1.807) is 7.11 Å². The molecule has 1 rings (SSSR count). The number of likely N-dealkylation sites (tertiary alicyclic amines) is 1. The SMILES string of the molecule is [CH2-][NH+]1CC(CCOC)C1. The standard InChI is InChI=1S/C7H15NO/c1-8-5-7(6-8)3-4-9-2/h7-8H,1,3-6H2,2H3. The van der Waals surface area contributed by atoms with E-state index in [9.17, 15) is 0 Å². The van der Waals surface area contributed by atoms with Gasteiger partial charge in [0.05, 0.1) is 19.0 Å². The third-order valence-electron chi connectivity index (χ3n) is 1.88. The highest BCUT2D eigenvalue weighted by Crippen LogP contribution is 2.02. The Kier molecular flexibility index (Phi) is 2.49. The van der Waals surface area contributed by atoms with E-state index in [2.05, 4.69) is 7.05 Å². The molecule has 2 heteroatoms. The first-order chi connectivity index (χ1) is 4.33. The first-order valence-corrected chi connectivity index (χ1v) is 3.48. The van der Waals surface area contributed by atoms with Gasteiger partial charge in [-0.25, -0.2) is 0 Å². The number of methoxy groups -OCH3 is 1. The molecule has 54 valence electrons. The Morgan fingerprint density at radius 2 is 2.33 bits per heavy atom. The zero-order valence-corrected chi connectivity index (χ0v) is 6.02. The van der Waals surface area contributed by atoms with Crippen LogP contribution in [0.4, 0.5) is 0 Å². The van der Waals surface area contributed by atoms with Gasteiger partial charge >= 0.3 is 0 Å². The lowest BCUT2D eigenvalue weighted by Gasteiger charge is -2.37. The van der Waals surface area contributed by atoms with Crippen molar-refractivity contribution in [2.75, 3.05) is 26.8 Å². The summed E-state index contributed by atoms with van der Waals surface area (Å²) in [5.74, 6) is 0.887. The molecule has 0 aromatic rings. The van der Waals surface area contributed by atoms with Crippen LogP contribution in [0.25, 0.3) is 0 Å². The molecule has 0 spiro atoms. The van der Waals surface area contributed by atoms with Crippen LogP contribution in [0.3, 0.4) is 0 Å². The van der Waals surface area contributed by atoms with Crippen molar-refractivity contribution in [2.24, 2.45) is 5.92 Å². The summed E-state index contributed by atoms with van der Waals surface area (Å²) in [6.45, 7) is 3.39. The molecule has 0 aromatic heterocycles. The molecule has 0 amide bonds. The van der Waals surface area contributed by atoms with E-state index in [-0.39, 0.29) is 0 Å². The zero-order chi connectivity index (χ0) is 6.69. The van der Waals surface area contributed by atoms with Crippen LogP contribution < -0.4 is 4.90 Å². The molecule has 2 nitrogen and oxygen atoms in total. The lowest BCUT2D eigenvalue weighted by molar-refractivity contribution is -0.907. The average Bonchev–Trinajstić information content (AvgIpc) is 1.78. The zero-order valence-electron chi connectivity index (χ0n) is 6.02. The normalized spacial score (nSPS) is 34.0. The average molecular weight is 129 g/mol. The summed E-state index contributed by atoms with van der Waals surface area (Å²) in [4.78, 5) is 1.41. The molecule has 1 aliphatic rings. The molecular formula is C7H15NO. The summed E-state index contributed by atoms with van der Waals surface area (Å²) < 4.78 is 4.95. The highest BCUT2D eigenvalue weighted by molar-refractivity contribution is 4.61. The monoisotopic (exact) mass is 129 g/mol. The van der Waals surface area contributed by atoms with E-state index < -0.39 is 0 Å². The van der Waals surface area contributed by atoms with Crippen LogP contribution in [0.15, 0.2) is 0 Å². The quantitative estimate of drug-likeness (QED) is 0.499. The molecule has 0 bridgehead atoms. The van der Waals surface area contributed by atoms with Gasteiger partial charge in [-0.3, -0.25) is 0 Å². The molecule has 0 saturated carbocycles. The maximum absolute atomic E-state index is 4.95. The number of rotatable bonds is 3. The Balaban J connectivity index is 1.91. The fourth-order valence-corrected chi connectivity index (χ4v) is 1.25. The van der Waals surface area contributed by atoms with Crippen molar-refractivity contribution in [3.05, 3.63) is 7.05 Å². The van der Waals surface area contributed by atoms with Crippen molar-refractivity contribution < 1.29 is 9.64 Å². The third kappa shape index (κ3) is 1.95. The van der Waals surface area contributed by atoms with Crippen LogP contribution >= 0.6 is 0 Å². The Labute approximate surface area is 56.8 Å². The van der Waals surface area contributed by atoms with Crippen LogP contribution in [0.5, 0.6) is 0 Å². The third-order valence-corrected chi connectivity index (χ3v) is 1.88. The van der Waals surface area contributed by atoms with E-state index in [4.69, 9.17) is 4.74 Å². The van der Waals surface area contributed by atoms with Crippen LogP contribution in [0, 0.1) is 13.0 Å². The number of hydrogen-bond acceptors (Lipinski definition) is 1. The minimum Gasteiger partial charge on any atom is -0.467 e. The molecule has 1 heterocycles. The highest BCUT2D eigenvalue weighted by Gasteiger charge is 2.23. The summed E-state index contributed by atoms with van der Waals surface area (Å²) in [5, 5.41) is 0. The van der Waals surface area contributed by atoms with E-state index in [1.807, 2.05) is 0 Å². The van der Waals surface area contributed by atoms with Crippen LogP contribution in [0.1, 0.15) is 6.42 Å². The van der Waals surface area contributed by atoms with Gasteiger partial charge in [-0.1, -0.05) is 0 Å². The van der Waals surface area contributed by atoms with Crippen LogP contribution in [-0.4, -0.2) is 26.8 Å². The predicted octanol–water partition coefficient (Wildman–Crippen LogP) is -0.671. The van der Waals surface area contributed by atoms with Gasteiger partial charge in [0.1, 0.15) is 0 Å². The lowest BCUT2D eigenvalue weighted by atomic mass is 9.98. The molecule has 0 aromatic carbocycles. The fraction of sp³-hybridized carbons (Fsp3) is 0.857. The van der Waals surface area contributed by atoms with Crippen molar-refractivity contribution in [3.63, 3.8) is 0 Å². The van der Waals surface area contributed by atoms with Gasteiger partial charge < -0.3 is 9.64 Å². The second-order valence-electron chi connectivity index (χ2n) is 2.81. The van der Waals surface area contributed by atoms with Gasteiger partial charge in [-0.15, -0.1) is 0 Å². The molecule has 0 atom stereocenters. The topological polar surface area (TPSA) is 13.7 Å². The summed E-state index contributed by atoms with van der Waals surface area (Å²) in [7, 11) is 5.64. The van der Waals surface area contributed by atoms with Crippen molar-refractivity contribution >= 4 is 0 Å². The fourth-order valence-electron chi connectivity index (χ4n) is 1.25. The molecule has 0 aliphatic carbocycles. The molecule has 1 aliphatic heterocycles. The van der Waals surface area contributed by atoms with Gasteiger partial charge in [0.25, 0.3) is 0 Å². The Morgan fingerprint density at radius 1 is 1.67 bits per heavy atom. The summed E-state index contributed by atoms with van der Waals surface area (Å²) >= 11 is 0. The number of ether oxygens (including phenoxy) is 1. The van der Waals surface area contributed by atoms with E-state index >= 15 is 0 Å². The minimum absolute atomic E-state index is 0.887.